The Morgan fingerprint density at radius 2 is 2.33 bits per heavy atom. The van der Waals surface area contributed by atoms with Gasteiger partial charge in [0.1, 0.15) is 0 Å². The first kappa shape index (κ1) is 11.4. The highest BCUT2D eigenvalue weighted by atomic mass is 16.5. The van der Waals surface area contributed by atoms with Crippen molar-refractivity contribution in [1.29, 1.82) is 0 Å². The summed E-state index contributed by atoms with van der Waals surface area (Å²) in [6, 6.07) is 0. The highest BCUT2D eigenvalue weighted by Crippen LogP contribution is 2.49. The molecule has 0 amide bonds. The monoisotopic (exact) mass is 213 g/mol. The summed E-state index contributed by atoms with van der Waals surface area (Å²) in [6.07, 6.45) is 5.41. The van der Waals surface area contributed by atoms with Gasteiger partial charge in [0.15, 0.2) is 0 Å². The second-order valence-corrected chi connectivity index (χ2v) is 4.96. The lowest BCUT2D eigenvalue weighted by Gasteiger charge is -2.37. The third-order valence-electron chi connectivity index (χ3n) is 3.76. The quantitative estimate of drug-likeness (QED) is 0.677. The lowest BCUT2D eigenvalue weighted by molar-refractivity contribution is -0.0206. The number of ether oxygens (including phenoxy) is 2. The average Bonchev–Trinajstić information content (AvgIpc) is 3.10. The molecular formula is C12H23NO2. The van der Waals surface area contributed by atoms with E-state index in [9.17, 15) is 0 Å². The molecule has 1 aliphatic carbocycles. The predicted molar refractivity (Wildman–Crippen MR) is 60.0 cm³/mol. The lowest BCUT2D eigenvalue weighted by atomic mass is 9.77. The number of rotatable bonds is 6. The van der Waals surface area contributed by atoms with E-state index in [1.807, 2.05) is 0 Å². The van der Waals surface area contributed by atoms with Crippen LogP contribution in [0.5, 0.6) is 0 Å². The van der Waals surface area contributed by atoms with E-state index in [1.54, 1.807) is 7.11 Å². The third-order valence-corrected chi connectivity index (χ3v) is 3.76. The molecule has 2 aliphatic rings. The minimum atomic E-state index is 0.450. The van der Waals surface area contributed by atoms with Gasteiger partial charge in [-0.2, -0.15) is 0 Å². The van der Waals surface area contributed by atoms with Crippen LogP contribution in [0.4, 0.5) is 0 Å². The van der Waals surface area contributed by atoms with Gasteiger partial charge < -0.3 is 14.8 Å². The van der Waals surface area contributed by atoms with Crippen LogP contribution in [0.1, 0.15) is 25.7 Å². The average molecular weight is 213 g/mol. The first-order chi connectivity index (χ1) is 7.37. The van der Waals surface area contributed by atoms with E-state index >= 15 is 0 Å². The van der Waals surface area contributed by atoms with Gasteiger partial charge in [-0.05, 0) is 31.6 Å². The molecule has 0 bridgehead atoms. The minimum Gasteiger partial charge on any atom is -0.383 e. The topological polar surface area (TPSA) is 30.5 Å². The molecule has 15 heavy (non-hydrogen) atoms. The first-order valence-electron chi connectivity index (χ1n) is 6.15. The van der Waals surface area contributed by atoms with Crippen molar-refractivity contribution >= 4 is 0 Å². The Morgan fingerprint density at radius 3 is 2.93 bits per heavy atom. The summed E-state index contributed by atoms with van der Waals surface area (Å²) >= 11 is 0. The van der Waals surface area contributed by atoms with E-state index in [2.05, 4.69) is 5.32 Å². The summed E-state index contributed by atoms with van der Waals surface area (Å²) in [5.74, 6) is 0.924. The summed E-state index contributed by atoms with van der Waals surface area (Å²) in [5, 5.41) is 3.51. The zero-order valence-electron chi connectivity index (χ0n) is 9.76. The third kappa shape index (κ3) is 2.92. The number of nitrogens with one attached hydrogen (secondary N) is 1. The van der Waals surface area contributed by atoms with Gasteiger partial charge in [0, 0.05) is 32.2 Å². The number of methoxy groups -OCH3 is 1. The maximum Gasteiger partial charge on any atom is 0.0587 e. The highest BCUT2D eigenvalue weighted by molar-refractivity contribution is 4.96. The van der Waals surface area contributed by atoms with Crippen molar-refractivity contribution < 1.29 is 9.47 Å². The Bertz CT molecular complexity index is 186. The summed E-state index contributed by atoms with van der Waals surface area (Å²) in [7, 11) is 1.75. The van der Waals surface area contributed by atoms with Crippen LogP contribution in [0.2, 0.25) is 0 Å². The molecule has 1 atom stereocenters. The molecule has 1 aliphatic heterocycles. The van der Waals surface area contributed by atoms with Crippen LogP contribution >= 0.6 is 0 Å². The Balaban J connectivity index is 1.77. The molecule has 1 saturated heterocycles. The fraction of sp³-hybridized carbons (Fsp3) is 1.00. The normalized spacial score (nSPS) is 31.8. The van der Waals surface area contributed by atoms with Gasteiger partial charge in [-0.25, -0.2) is 0 Å². The van der Waals surface area contributed by atoms with Crippen LogP contribution in [-0.2, 0) is 9.47 Å². The first-order valence-corrected chi connectivity index (χ1v) is 6.15. The summed E-state index contributed by atoms with van der Waals surface area (Å²) in [4.78, 5) is 0. The van der Waals surface area contributed by atoms with Gasteiger partial charge in [-0.1, -0.05) is 0 Å². The SMILES string of the molecule is COCCNCC1(C2CC2)CCCOC1. The van der Waals surface area contributed by atoms with E-state index in [0.29, 0.717) is 5.41 Å². The molecule has 0 aromatic rings. The van der Waals surface area contributed by atoms with Crippen molar-refractivity contribution in [1.82, 2.24) is 5.32 Å². The van der Waals surface area contributed by atoms with E-state index in [1.165, 1.54) is 25.7 Å². The molecule has 3 nitrogen and oxygen atoms in total. The van der Waals surface area contributed by atoms with Gasteiger partial charge in [0.2, 0.25) is 0 Å². The van der Waals surface area contributed by atoms with Crippen LogP contribution in [0, 0.1) is 11.3 Å². The molecule has 88 valence electrons. The Labute approximate surface area is 92.5 Å². The molecule has 1 unspecified atom stereocenters. The van der Waals surface area contributed by atoms with Gasteiger partial charge in [0.25, 0.3) is 0 Å². The maximum absolute atomic E-state index is 5.67. The summed E-state index contributed by atoms with van der Waals surface area (Å²) in [5.41, 5.74) is 0.450. The van der Waals surface area contributed by atoms with Crippen LogP contribution in [0.3, 0.4) is 0 Å². The Kier molecular flexibility index (Phi) is 4.00. The van der Waals surface area contributed by atoms with Gasteiger partial charge >= 0.3 is 0 Å². The fourth-order valence-electron chi connectivity index (χ4n) is 2.69. The molecule has 0 aromatic heterocycles. The zero-order chi connectivity index (χ0) is 10.6. The largest absolute Gasteiger partial charge is 0.383 e. The summed E-state index contributed by atoms with van der Waals surface area (Å²) in [6.45, 7) is 4.82. The van der Waals surface area contributed by atoms with E-state index in [-0.39, 0.29) is 0 Å². The molecule has 0 aromatic carbocycles. The number of hydrogen-bond donors (Lipinski definition) is 1. The minimum absolute atomic E-state index is 0.450. The zero-order valence-corrected chi connectivity index (χ0v) is 9.76. The predicted octanol–water partition coefficient (Wildman–Crippen LogP) is 1.43. The molecule has 1 saturated carbocycles. The molecule has 2 fully saturated rings. The molecule has 0 radical (unpaired) electrons. The van der Waals surface area contributed by atoms with Gasteiger partial charge in [-0.15, -0.1) is 0 Å². The Hall–Kier alpha value is -0.120. The second-order valence-electron chi connectivity index (χ2n) is 4.96. The molecule has 3 heteroatoms. The maximum atomic E-state index is 5.67. The molecule has 2 rings (SSSR count). The van der Waals surface area contributed by atoms with Crippen molar-refractivity contribution in [2.24, 2.45) is 11.3 Å². The van der Waals surface area contributed by atoms with E-state index in [4.69, 9.17) is 9.47 Å². The van der Waals surface area contributed by atoms with Gasteiger partial charge in [-0.3, -0.25) is 0 Å². The van der Waals surface area contributed by atoms with E-state index < -0.39 is 0 Å². The fourth-order valence-corrected chi connectivity index (χ4v) is 2.69. The molecule has 1 N–H and O–H groups in total. The highest BCUT2D eigenvalue weighted by Gasteiger charge is 2.45. The molecular weight excluding hydrogens is 190 g/mol. The molecule has 1 heterocycles. The molecule has 0 spiro atoms. The summed E-state index contributed by atoms with van der Waals surface area (Å²) < 4.78 is 10.7. The standard InChI is InChI=1S/C12H23NO2/c1-14-8-6-13-9-12(11-3-4-11)5-2-7-15-10-12/h11,13H,2-10H2,1H3. The van der Waals surface area contributed by atoms with Crippen molar-refractivity contribution in [3.05, 3.63) is 0 Å². The number of hydrogen-bond acceptors (Lipinski definition) is 3. The van der Waals surface area contributed by atoms with E-state index in [0.717, 1.165) is 38.8 Å². The van der Waals surface area contributed by atoms with Gasteiger partial charge in [0.05, 0.1) is 13.2 Å². The van der Waals surface area contributed by atoms with Crippen LogP contribution in [0.15, 0.2) is 0 Å². The Morgan fingerprint density at radius 1 is 1.47 bits per heavy atom. The van der Waals surface area contributed by atoms with Crippen LogP contribution < -0.4 is 5.32 Å². The van der Waals surface area contributed by atoms with Crippen molar-refractivity contribution in [2.45, 2.75) is 25.7 Å². The lowest BCUT2D eigenvalue weighted by Crippen LogP contribution is -2.43. The van der Waals surface area contributed by atoms with Crippen LogP contribution in [-0.4, -0.2) is 40.0 Å². The van der Waals surface area contributed by atoms with Crippen molar-refractivity contribution in [3.63, 3.8) is 0 Å². The smallest absolute Gasteiger partial charge is 0.0587 e. The van der Waals surface area contributed by atoms with Crippen molar-refractivity contribution in [2.75, 3.05) is 40.0 Å². The van der Waals surface area contributed by atoms with Crippen molar-refractivity contribution in [3.8, 4) is 0 Å². The van der Waals surface area contributed by atoms with Crippen LogP contribution in [0.25, 0.3) is 0 Å². The second kappa shape index (κ2) is 5.28.